The molecule has 0 radical (unpaired) electrons. The topological polar surface area (TPSA) is 98.4 Å². The second-order valence-corrected chi connectivity index (χ2v) is 4.94. The largest absolute Gasteiger partial charge is 0.374 e. The first-order valence-electron chi connectivity index (χ1n) is 7.07. The Morgan fingerprint density at radius 1 is 1.67 bits per heavy atom. The molecule has 1 amide bonds. The Labute approximate surface area is 122 Å². The second kappa shape index (κ2) is 7.19. The fraction of sp³-hybridized carbons (Fsp3) is 0.615. The fourth-order valence-corrected chi connectivity index (χ4v) is 2.26. The summed E-state index contributed by atoms with van der Waals surface area (Å²) in [5.41, 5.74) is 0.247. The van der Waals surface area contributed by atoms with Crippen LogP contribution in [0.5, 0.6) is 0 Å². The quantitative estimate of drug-likeness (QED) is 0.589. The highest BCUT2D eigenvalue weighted by atomic mass is 16.6. The van der Waals surface area contributed by atoms with Gasteiger partial charge in [0.15, 0.2) is 0 Å². The van der Waals surface area contributed by atoms with Gasteiger partial charge in [-0.15, -0.1) is 0 Å². The third kappa shape index (κ3) is 4.02. The zero-order chi connectivity index (χ0) is 15.2. The van der Waals surface area contributed by atoms with Gasteiger partial charge in [0.2, 0.25) is 0 Å². The number of aromatic nitrogens is 1. The number of nitrogens with zero attached hydrogens (tertiary/aromatic N) is 2. The number of hydrogen-bond donors (Lipinski definition) is 2. The lowest BCUT2D eigenvalue weighted by atomic mass is 10.3. The van der Waals surface area contributed by atoms with E-state index in [2.05, 4.69) is 10.6 Å². The highest BCUT2D eigenvalue weighted by Gasteiger charge is 2.20. The molecule has 8 heteroatoms. The summed E-state index contributed by atoms with van der Waals surface area (Å²) in [6, 6.07) is 1.31. The van der Waals surface area contributed by atoms with Crippen molar-refractivity contribution in [1.82, 2.24) is 15.2 Å². The van der Waals surface area contributed by atoms with Crippen molar-refractivity contribution in [2.24, 2.45) is 0 Å². The van der Waals surface area contributed by atoms with E-state index >= 15 is 0 Å². The van der Waals surface area contributed by atoms with Crippen molar-refractivity contribution in [1.29, 1.82) is 0 Å². The number of morpholine rings is 1. The molecule has 1 aromatic rings. The molecule has 0 spiro atoms. The van der Waals surface area contributed by atoms with Crippen LogP contribution < -0.4 is 10.6 Å². The van der Waals surface area contributed by atoms with Crippen LogP contribution in [-0.4, -0.2) is 47.7 Å². The summed E-state index contributed by atoms with van der Waals surface area (Å²) < 4.78 is 7.11. The van der Waals surface area contributed by atoms with E-state index in [1.54, 1.807) is 4.57 Å². The van der Waals surface area contributed by atoms with E-state index in [0.29, 0.717) is 31.9 Å². The standard InChI is InChI=1S/C13H20N4O4/c1-2-4-16-9-10(17(19)20)6-12(16)13(18)15-8-11-7-14-3-5-21-11/h6,9,11,14H,2-5,7-8H2,1H3,(H,15,18). The predicted octanol–water partition coefficient (Wildman–Crippen LogP) is 0.524. The lowest BCUT2D eigenvalue weighted by Gasteiger charge is -2.23. The third-order valence-electron chi connectivity index (χ3n) is 3.28. The number of carbonyl (C=O) groups is 1. The lowest BCUT2D eigenvalue weighted by molar-refractivity contribution is -0.384. The molecule has 0 aromatic carbocycles. The Morgan fingerprint density at radius 2 is 2.48 bits per heavy atom. The average Bonchev–Trinajstić information content (AvgIpc) is 2.91. The number of aryl methyl sites for hydroxylation is 1. The Balaban J connectivity index is 2.01. The summed E-state index contributed by atoms with van der Waals surface area (Å²) in [4.78, 5) is 22.5. The fourth-order valence-electron chi connectivity index (χ4n) is 2.26. The normalized spacial score (nSPS) is 18.4. The van der Waals surface area contributed by atoms with Crippen molar-refractivity contribution in [3.8, 4) is 0 Å². The van der Waals surface area contributed by atoms with E-state index in [-0.39, 0.29) is 17.7 Å². The van der Waals surface area contributed by atoms with Crippen LogP contribution in [0.15, 0.2) is 12.3 Å². The maximum Gasteiger partial charge on any atom is 0.287 e. The number of nitrogens with one attached hydrogen (secondary N) is 2. The van der Waals surface area contributed by atoms with Crippen molar-refractivity contribution < 1.29 is 14.5 Å². The number of ether oxygens (including phenoxy) is 1. The second-order valence-electron chi connectivity index (χ2n) is 4.94. The highest BCUT2D eigenvalue weighted by Crippen LogP contribution is 2.17. The molecule has 1 aliphatic rings. The van der Waals surface area contributed by atoms with Crippen LogP contribution in [0.25, 0.3) is 0 Å². The first-order valence-corrected chi connectivity index (χ1v) is 7.07. The maximum atomic E-state index is 12.2. The van der Waals surface area contributed by atoms with Gasteiger partial charge in [-0.1, -0.05) is 6.92 Å². The summed E-state index contributed by atoms with van der Waals surface area (Å²) in [7, 11) is 0. The average molecular weight is 296 g/mol. The van der Waals surface area contributed by atoms with Crippen LogP contribution in [0.1, 0.15) is 23.8 Å². The van der Waals surface area contributed by atoms with Crippen molar-refractivity contribution >= 4 is 11.6 Å². The Hall–Kier alpha value is -1.93. The monoisotopic (exact) mass is 296 g/mol. The van der Waals surface area contributed by atoms with Crippen LogP contribution >= 0.6 is 0 Å². The van der Waals surface area contributed by atoms with E-state index in [1.807, 2.05) is 6.92 Å². The van der Waals surface area contributed by atoms with Crippen LogP contribution in [-0.2, 0) is 11.3 Å². The van der Waals surface area contributed by atoms with E-state index in [9.17, 15) is 14.9 Å². The van der Waals surface area contributed by atoms with Gasteiger partial charge in [-0.2, -0.15) is 0 Å². The maximum absolute atomic E-state index is 12.2. The smallest absolute Gasteiger partial charge is 0.287 e. The molecule has 8 nitrogen and oxygen atoms in total. The molecule has 2 heterocycles. The molecule has 1 saturated heterocycles. The molecule has 1 unspecified atom stereocenters. The molecule has 0 saturated carbocycles. The van der Waals surface area contributed by atoms with Gasteiger partial charge in [-0.25, -0.2) is 0 Å². The molecule has 116 valence electrons. The van der Waals surface area contributed by atoms with E-state index in [4.69, 9.17) is 4.74 Å². The molecule has 0 aliphatic carbocycles. The zero-order valence-corrected chi connectivity index (χ0v) is 12.0. The van der Waals surface area contributed by atoms with Gasteiger partial charge in [0, 0.05) is 32.2 Å². The SMILES string of the molecule is CCCn1cc([N+](=O)[O-])cc1C(=O)NCC1CNCCO1. The minimum Gasteiger partial charge on any atom is -0.374 e. The van der Waals surface area contributed by atoms with Crippen molar-refractivity contribution in [3.05, 3.63) is 28.1 Å². The van der Waals surface area contributed by atoms with Crippen molar-refractivity contribution in [2.75, 3.05) is 26.2 Å². The van der Waals surface area contributed by atoms with E-state index in [0.717, 1.165) is 13.0 Å². The summed E-state index contributed by atoms with van der Waals surface area (Å²) in [6.45, 7) is 5.04. The zero-order valence-electron chi connectivity index (χ0n) is 12.0. The minimum absolute atomic E-state index is 0.0627. The number of hydrogen-bond acceptors (Lipinski definition) is 5. The molecule has 1 aliphatic heterocycles. The predicted molar refractivity (Wildman–Crippen MR) is 76.3 cm³/mol. The van der Waals surface area contributed by atoms with Crippen molar-refractivity contribution in [2.45, 2.75) is 26.0 Å². The van der Waals surface area contributed by atoms with Crippen LogP contribution in [0.4, 0.5) is 5.69 Å². The molecular formula is C13H20N4O4. The molecule has 2 N–H and O–H groups in total. The van der Waals surface area contributed by atoms with Crippen LogP contribution in [0.3, 0.4) is 0 Å². The summed E-state index contributed by atoms with van der Waals surface area (Å²) in [5, 5.41) is 16.8. The van der Waals surface area contributed by atoms with E-state index in [1.165, 1.54) is 12.3 Å². The number of carbonyl (C=O) groups excluding carboxylic acids is 1. The number of amides is 1. The minimum atomic E-state index is -0.489. The third-order valence-corrected chi connectivity index (χ3v) is 3.28. The van der Waals surface area contributed by atoms with Crippen LogP contribution in [0.2, 0.25) is 0 Å². The van der Waals surface area contributed by atoms with Gasteiger partial charge in [0.1, 0.15) is 5.69 Å². The lowest BCUT2D eigenvalue weighted by Crippen LogP contribution is -2.45. The molecular weight excluding hydrogens is 276 g/mol. The van der Waals surface area contributed by atoms with Gasteiger partial charge in [0.05, 0.1) is 23.8 Å². The number of nitro groups is 1. The molecule has 1 atom stereocenters. The Kier molecular flexibility index (Phi) is 5.29. The van der Waals surface area contributed by atoms with Gasteiger partial charge < -0.3 is 19.9 Å². The summed E-state index contributed by atoms with van der Waals surface area (Å²) in [6.07, 6.45) is 2.13. The van der Waals surface area contributed by atoms with Crippen molar-refractivity contribution in [3.63, 3.8) is 0 Å². The molecule has 21 heavy (non-hydrogen) atoms. The van der Waals surface area contributed by atoms with Gasteiger partial charge in [-0.05, 0) is 6.42 Å². The number of rotatable bonds is 6. The molecule has 1 aromatic heterocycles. The van der Waals surface area contributed by atoms with E-state index < -0.39 is 4.92 Å². The molecule has 0 bridgehead atoms. The van der Waals surface area contributed by atoms with Gasteiger partial charge in [0.25, 0.3) is 11.6 Å². The molecule has 1 fully saturated rings. The van der Waals surface area contributed by atoms with Gasteiger partial charge >= 0.3 is 0 Å². The summed E-state index contributed by atoms with van der Waals surface area (Å²) >= 11 is 0. The molecule has 2 rings (SSSR count). The highest BCUT2D eigenvalue weighted by molar-refractivity contribution is 5.93. The first-order chi connectivity index (χ1) is 10.1. The van der Waals surface area contributed by atoms with Gasteiger partial charge in [-0.3, -0.25) is 14.9 Å². The summed E-state index contributed by atoms with van der Waals surface area (Å²) in [5.74, 6) is -0.314. The first kappa shape index (κ1) is 15.5. The van der Waals surface area contributed by atoms with Crippen LogP contribution in [0, 0.1) is 10.1 Å². The Morgan fingerprint density at radius 3 is 3.10 bits per heavy atom. The Bertz CT molecular complexity index is 508.